The molecule has 0 unspecified atom stereocenters. The van der Waals surface area contributed by atoms with Crippen molar-refractivity contribution in [2.45, 2.75) is 13.8 Å². The number of ketones is 1. The summed E-state index contributed by atoms with van der Waals surface area (Å²) in [5.41, 5.74) is 4.69. The van der Waals surface area contributed by atoms with Crippen LogP contribution in [-0.2, 0) is 0 Å². The lowest BCUT2D eigenvalue weighted by Gasteiger charge is -2.08. The molecule has 0 spiro atoms. The normalized spacial score (nSPS) is 10.9. The van der Waals surface area contributed by atoms with Crippen LogP contribution >= 0.6 is 0 Å². The van der Waals surface area contributed by atoms with Crippen molar-refractivity contribution >= 4 is 17.2 Å². The van der Waals surface area contributed by atoms with Crippen molar-refractivity contribution in [3.8, 4) is 0 Å². The van der Waals surface area contributed by atoms with E-state index in [4.69, 9.17) is 0 Å². The first-order valence-corrected chi connectivity index (χ1v) is 7.83. The van der Waals surface area contributed by atoms with Crippen LogP contribution in [0.5, 0.6) is 0 Å². The third kappa shape index (κ3) is 3.46. The highest BCUT2D eigenvalue weighted by molar-refractivity contribution is 6.12. The van der Waals surface area contributed by atoms with E-state index in [-0.39, 0.29) is 5.78 Å². The predicted molar refractivity (Wildman–Crippen MR) is 96.4 cm³/mol. The maximum absolute atomic E-state index is 12.9. The Hall–Kier alpha value is -3.07. The lowest BCUT2D eigenvalue weighted by atomic mass is 9.97. The van der Waals surface area contributed by atoms with Gasteiger partial charge in [-0.1, -0.05) is 54.1 Å². The number of hydrogen-bond donors (Lipinski definition) is 0. The Morgan fingerprint density at radius 2 is 1.46 bits per heavy atom. The van der Waals surface area contributed by atoms with Gasteiger partial charge in [-0.25, -0.2) is 0 Å². The van der Waals surface area contributed by atoms with Crippen molar-refractivity contribution in [1.82, 2.24) is 0 Å². The minimum atomic E-state index is -0.0323. The van der Waals surface area contributed by atoms with E-state index in [0.717, 1.165) is 16.8 Å². The Morgan fingerprint density at radius 1 is 0.750 bits per heavy atom. The lowest BCUT2D eigenvalue weighted by Crippen LogP contribution is -2.04. The molecule has 0 amide bonds. The number of carbonyl (C=O) groups is 1. The summed E-state index contributed by atoms with van der Waals surface area (Å²) in [5.74, 6) is -0.0323. The average Bonchev–Trinajstić information content (AvgIpc) is 2.60. The van der Waals surface area contributed by atoms with Gasteiger partial charge in [0.1, 0.15) is 0 Å². The maximum Gasteiger partial charge on any atom is 0.195 e. The average molecular weight is 314 g/mol. The van der Waals surface area contributed by atoms with E-state index in [1.165, 1.54) is 0 Å². The zero-order valence-corrected chi connectivity index (χ0v) is 13.7. The van der Waals surface area contributed by atoms with Crippen LogP contribution in [0.2, 0.25) is 0 Å². The number of benzene rings is 3. The zero-order valence-electron chi connectivity index (χ0n) is 13.7. The van der Waals surface area contributed by atoms with E-state index in [2.05, 4.69) is 10.2 Å². The van der Waals surface area contributed by atoms with E-state index in [1.807, 2.05) is 80.6 Å². The Morgan fingerprint density at radius 3 is 2.21 bits per heavy atom. The minimum absolute atomic E-state index is 0.0323. The summed E-state index contributed by atoms with van der Waals surface area (Å²) >= 11 is 0. The van der Waals surface area contributed by atoms with Crippen molar-refractivity contribution < 1.29 is 4.79 Å². The van der Waals surface area contributed by atoms with E-state index < -0.39 is 0 Å². The molecular weight excluding hydrogens is 296 g/mol. The van der Waals surface area contributed by atoms with Gasteiger partial charge in [-0.2, -0.15) is 5.11 Å². The molecule has 3 aromatic carbocycles. The molecule has 0 heterocycles. The van der Waals surface area contributed by atoms with Gasteiger partial charge in [0.2, 0.25) is 0 Å². The molecule has 3 nitrogen and oxygen atoms in total. The largest absolute Gasteiger partial charge is 0.289 e. The molecule has 3 heteroatoms. The predicted octanol–water partition coefficient (Wildman–Crippen LogP) is 5.95. The molecular formula is C21H18N2O. The van der Waals surface area contributed by atoms with Gasteiger partial charge in [0.15, 0.2) is 5.78 Å². The molecule has 0 aliphatic carbocycles. The SMILES string of the molecule is Cc1ccc(C(=O)c2ccccc2N=Nc2ccccc2)c(C)c1. The zero-order chi connectivity index (χ0) is 16.9. The molecule has 3 rings (SSSR count). The molecule has 0 atom stereocenters. The molecule has 0 saturated carbocycles. The highest BCUT2D eigenvalue weighted by Gasteiger charge is 2.15. The van der Waals surface area contributed by atoms with Crippen molar-refractivity contribution in [2.24, 2.45) is 10.2 Å². The second-order valence-corrected chi connectivity index (χ2v) is 5.70. The van der Waals surface area contributed by atoms with Crippen LogP contribution < -0.4 is 0 Å². The molecule has 0 saturated heterocycles. The number of nitrogens with zero attached hydrogens (tertiary/aromatic N) is 2. The van der Waals surface area contributed by atoms with E-state index in [0.29, 0.717) is 16.8 Å². The quantitative estimate of drug-likeness (QED) is 0.433. The highest BCUT2D eigenvalue weighted by atomic mass is 16.1. The third-order valence-corrected chi connectivity index (χ3v) is 3.80. The first-order chi connectivity index (χ1) is 11.6. The Labute approximate surface area is 141 Å². The number of aryl methyl sites for hydroxylation is 2. The molecule has 24 heavy (non-hydrogen) atoms. The molecule has 0 radical (unpaired) electrons. The summed E-state index contributed by atoms with van der Waals surface area (Å²) < 4.78 is 0. The van der Waals surface area contributed by atoms with Crippen molar-refractivity contribution in [1.29, 1.82) is 0 Å². The molecule has 0 aliphatic heterocycles. The summed E-state index contributed by atoms with van der Waals surface area (Å²) in [6, 6.07) is 22.6. The van der Waals surface area contributed by atoms with Gasteiger partial charge in [0.25, 0.3) is 0 Å². The van der Waals surface area contributed by atoms with Gasteiger partial charge in [0.05, 0.1) is 16.9 Å². The summed E-state index contributed by atoms with van der Waals surface area (Å²) in [6.45, 7) is 3.97. The highest BCUT2D eigenvalue weighted by Crippen LogP contribution is 2.25. The van der Waals surface area contributed by atoms with Crippen LogP contribution in [0.3, 0.4) is 0 Å². The van der Waals surface area contributed by atoms with E-state index in [9.17, 15) is 4.79 Å². The minimum Gasteiger partial charge on any atom is -0.289 e. The van der Waals surface area contributed by atoms with Crippen LogP contribution in [0.15, 0.2) is 83.0 Å². The van der Waals surface area contributed by atoms with Crippen LogP contribution in [0, 0.1) is 13.8 Å². The van der Waals surface area contributed by atoms with Gasteiger partial charge in [-0.05, 0) is 43.7 Å². The fraction of sp³-hybridized carbons (Fsp3) is 0.0952. The second-order valence-electron chi connectivity index (χ2n) is 5.70. The topological polar surface area (TPSA) is 41.8 Å². The van der Waals surface area contributed by atoms with Gasteiger partial charge >= 0.3 is 0 Å². The first-order valence-electron chi connectivity index (χ1n) is 7.83. The summed E-state index contributed by atoms with van der Waals surface area (Å²) in [6.07, 6.45) is 0. The molecule has 0 aromatic heterocycles. The molecule has 0 fully saturated rings. The van der Waals surface area contributed by atoms with Crippen LogP contribution in [0.1, 0.15) is 27.0 Å². The first kappa shape index (κ1) is 15.8. The van der Waals surface area contributed by atoms with Crippen molar-refractivity contribution in [3.63, 3.8) is 0 Å². The van der Waals surface area contributed by atoms with Gasteiger partial charge < -0.3 is 0 Å². The smallest absolute Gasteiger partial charge is 0.195 e. The number of hydrogen-bond acceptors (Lipinski definition) is 3. The Balaban J connectivity index is 1.97. The Kier molecular flexibility index (Phi) is 4.62. The summed E-state index contributed by atoms with van der Waals surface area (Å²) in [7, 11) is 0. The number of carbonyl (C=O) groups excluding carboxylic acids is 1. The van der Waals surface area contributed by atoms with Crippen LogP contribution in [0.25, 0.3) is 0 Å². The fourth-order valence-corrected chi connectivity index (χ4v) is 2.57. The summed E-state index contributed by atoms with van der Waals surface area (Å²) in [4.78, 5) is 12.9. The molecule has 3 aromatic rings. The van der Waals surface area contributed by atoms with Crippen LogP contribution in [-0.4, -0.2) is 5.78 Å². The fourth-order valence-electron chi connectivity index (χ4n) is 2.57. The number of azo groups is 1. The lowest BCUT2D eigenvalue weighted by molar-refractivity contribution is 0.103. The van der Waals surface area contributed by atoms with Crippen molar-refractivity contribution in [3.05, 3.63) is 95.1 Å². The monoisotopic (exact) mass is 314 g/mol. The standard InChI is InChI=1S/C21H18N2O/c1-15-12-13-18(16(2)14-15)21(24)19-10-6-7-11-20(19)23-22-17-8-4-3-5-9-17/h3-14H,1-2H3. The van der Waals surface area contributed by atoms with Gasteiger partial charge in [0, 0.05) is 5.56 Å². The molecule has 0 aliphatic rings. The van der Waals surface area contributed by atoms with Crippen molar-refractivity contribution in [2.75, 3.05) is 0 Å². The molecule has 118 valence electrons. The number of rotatable bonds is 4. The third-order valence-electron chi connectivity index (χ3n) is 3.80. The van der Waals surface area contributed by atoms with E-state index >= 15 is 0 Å². The van der Waals surface area contributed by atoms with Crippen LogP contribution in [0.4, 0.5) is 11.4 Å². The van der Waals surface area contributed by atoms with Gasteiger partial charge in [-0.15, -0.1) is 5.11 Å². The molecule has 0 N–H and O–H groups in total. The van der Waals surface area contributed by atoms with E-state index in [1.54, 1.807) is 6.07 Å². The summed E-state index contributed by atoms with van der Waals surface area (Å²) in [5, 5.41) is 8.50. The maximum atomic E-state index is 12.9. The Bertz CT molecular complexity index is 899. The molecule has 0 bridgehead atoms. The van der Waals surface area contributed by atoms with Gasteiger partial charge in [-0.3, -0.25) is 4.79 Å². The second kappa shape index (κ2) is 7.01.